The van der Waals surface area contributed by atoms with E-state index in [4.69, 9.17) is 4.74 Å². The number of aromatic nitrogens is 2. The SMILES string of the molecule is COc1nc(-c2ccccc2)c(C)[nH]1. The van der Waals surface area contributed by atoms with Gasteiger partial charge in [-0.2, -0.15) is 4.98 Å². The molecule has 0 aliphatic heterocycles. The van der Waals surface area contributed by atoms with Gasteiger partial charge in [0.2, 0.25) is 0 Å². The summed E-state index contributed by atoms with van der Waals surface area (Å²) in [6, 6.07) is 10.6. The van der Waals surface area contributed by atoms with Gasteiger partial charge in [0.15, 0.2) is 0 Å². The van der Waals surface area contributed by atoms with Gasteiger partial charge in [-0.15, -0.1) is 0 Å². The molecule has 0 saturated carbocycles. The van der Waals surface area contributed by atoms with Crippen molar-refractivity contribution in [2.24, 2.45) is 0 Å². The molecule has 1 heterocycles. The van der Waals surface area contributed by atoms with Gasteiger partial charge in [-0.1, -0.05) is 30.3 Å². The van der Waals surface area contributed by atoms with E-state index in [1.54, 1.807) is 7.11 Å². The summed E-state index contributed by atoms with van der Waals surface area (Å²) in [5.41, 5.74) is 3.07. The first kappa shape index (κ1) is 8.81. The molecule has 0 radical (unpaired) electrons. The maximum atomic E-state index is 5.03. The molecule has 0 aliphatic carbocycles. The standard InChI is InChI=1S/C11H12N2O/c1-8-10(13-11(12-8)14-2)9-6-4-3-5-7-9/h3-7H,1-2H3,(H,12,13). The highest BCUT2D eigenvalue weighted by Crippen LogP contribution is 2.22. The predicted molar refractivity (Wildman–Crippen MR) is 55.3 cm³/mol. The van der Waals surface area contributed by atoms with Gasteiger partial charge in [-0.3, -0.25) is 0 Å². The van der Waals surface area contributed by atoms with Crippen molar-refractivity contribution in [2.75, 3.05) is 7.11 Å². The summed E-state index contributed by atoms with van der Waals surface area (Å²) in [4.78, 5) is 7.38. The number of aromatic amines is 1. The van der Waals surface area contributed by atoms with Crippen molar-refractivity contribution in [2.45, 2.75) is 6.92 Å². The van der Waals surface area contributed by atoms with Gasteiger partial charge in [-0.05, 0) is 6.92 Å². The monoisotopic (exact) mass is 188 g/mol. The third-order valence-electron chi connectivity index (χ3n) is 2.10. The third kappa shape index (κ3) is 1.48. The van der Waals surface area contributed by atoms with Crippen molar-refractivity contribution in [3.8, 4) is 17.3 Å². The normalized spacial score (nSPS) is 10.1. The topological polar surface area (TPSA) is 37.9 Å². The van der Waals surface area contributed by atoms with Gasteiger partial charge < -0.3 is 9.72 Å². The molecule has 1 aromatic carbocycles. The number of nitrogens with one attached hydrogen (secondary N) is 1. The molecule has 0 spiro atoms. The van der Waals surface area contributed by atoms with Crippen LogP contribution in [0.3, 0.4) is 0 Å². The lowest BCUT2D eigenvalue weighted by Gasteiger charge is -1.95. The van der Waals surface area contributed by atoms with Crippen LogP contribution in [-0.4, -0.2) is 17.1 Å². The highest BCUT2D eigenvalue weighted by atomic mass is 16.5. The Labute approximate surface area is 82.8 Å². The number of imidazole rings is 1. The summed E-state index contributed by atoms with van der Waals surface area (Å²) in [5, 5.41) is 0. The Morgan fingerprint density at radius 3 is 2.50 bits per heavy atom. The molecular weight excluding hydrogens is 176 g/mol. The van der Waals surface area contributed by atoms with E-state index in [1.165, 1.54) is 0 Å². The van der Waals surface area contributed by atoms with E-state index >= 15 is 0 Å². The maximum absolute atomic E-state index is 5.03. The van der Waals surface area contributed by atoms with Crippen LogP contribution in [0.15, 0.2) is 30.3 Å². The molecule has 0 aliphatic rings. The van der Waals surface area contributed by atoms with Gasteiger partial charge in [0.1, 0.15) is 0 Å². The molecule has 0 amide bonds. The van der Waals surface area contributed by atoms with Crippen LogP contribution < -0.4 is 4.74 Å². The lowest BCUT2D eigenvalue weighted by atomic mass is 10.1. The number of methoxy groups -OCH3 is 1. The van der Waals surface area contributed by atoms with Gasteiger partial charge >= 0.3 is 0 Å². The predicted octanol–water partition coefficient (Wildman–Crippen LogP) is 2.39. The number of benzene rings is 1. The van der Waals surface area contributed by atoms with Crippen LogP contribution in [0.2, 0.25) is 0 Å². The van der Waals surface area contributed by atoms with Gasteiger partial charge in [0.05, 0.1) is 12.8 Å². The Morgan fingerprint density at radius 1 is 1.21 bits per heavy atom. The summed E-state index contributed by atoms with van der Waals surface area (Å²) in [7, 11) is 1.60. The average Bonchev–Trinajstić information content (AvgIpc) is 2.61. The van der Waals surface area contributed by atoms with Crippen LogP contribution in [-0.2, 0) is 0 Å². The van der Waals surface area contributed by atoms with Crippen molar-refractivity contribution in [1.29, 1.82) is 0 Å². The molecule has 14 heavy (non-hydrogen) atoms. The number of aryl methyl sites for hydroxylation is 1. The van der Waals surface area contributed by atoms with Crippen LogP contribution in [0.25, 0.3) is 11.3 Å². The van der Waals surface area contributed by atoms with Crippen molar-refractivity contribution in [3.63, 3.8) is 0 Å². The number of nitrogens with zero attached hydrogens (tertiary/aromatic N) is 1. The molecule has 3 heteroatoms. The molecule has 0 fully saturated rings. The second-order valence-electron chi connectivity index (χ2n) is 3.09. The number of rotatable bonds is 2. The summed E-state index contributed by atoms with van der Waals surface area (Å²) < 4.78 is 5.03. The first-order chi connectivity index (χ1) is 6.81. The zero-order valence-corrected chi connectivity index (χ0v) is 8.24. The van der Waals surface area contributed by atoms with Crippen LogP contribution in [0.5, 0.6) is 6.01 Å². The lowest BCUT2D eigenvalue weighted by molar-refractivity contribution is 0.384. The molecular formula is C11H12N2O. The number of H-pyrrole nitrogens is 1. The van der Waals surface area contributed by atoms with Crippen molar-refractivity contribution < 1.29 is 4.74 Å². The molecule has 0 atom stereocenters. The maximum Gasteiger partial charge on any atom is 0.294 e. The Hall–Kier alpha value is -1.77. The molecule has 72 valence electrons. The largest absolute Gasteiger partial charge is 0.468 e. The molecule has 2 aromatic rings. The van der Waals surface area contributed by atoms with E-state index in [1.807, 2.05) is 37.3 Å². The molecule has 1 N–H and O–H groups in total. The first-order valence-electron chi connectivity index (χ1n) is 4.47. The molecule has 0 unspecified atom stereocenters. The van der Waals surface area contributed by atoms with E-state index in [2.05, 4.69) is 9.97 Å². The minimum atomic E-state index is 0.557. The quantitative estimate of drug-likeness (QED) is 0.785. The van der Waals surface area contributed by atoms with Crippen LogP contribution in [0.1, 0.15) is 5.69 Å². The van der Waals surface area contributed by atoms with Gasteiger partial charge in [-0.25, -0.2) is 0 Å². The van der Waals surface area contributed by atoms with E-state index in [0.717, 1.165) is 17.0 Å². The minimum Gasteiger partial charge on any atom is -0.468 e. The summed E-state index contributed by atoms with van der Waals surface area (Å²) >= 11 is 0. The zero-order chi connectivity index (χ0) is 9.97. The van der Waals surface area contributed by atoms with Crippen LogP contribution in [0.4, 0.5) is 0 Å². The molecule has 3 nitrogen and oxygen atoms in total. The lowest BCUT2D eigenvalue weighted by Crippen LogP contribution is -1.83. The van der Waals surface area contributed by atoms with Crippen molar-refractivity contribution in [1.82, 2.24) is 9.97 Å². The molecule has 1 aromatic heterocycles. The smallest absolute Gasteiger partial charge is 0.294 e. The minimum absolute atomic E-state index is 0.557. The van der Waals surface area contributed by atoms with Crippen LogP contribution >= 0.6 is 0 Å². The highest BCUT2D eigenvalue weighted by Gasteiger charge is 2.07. The molecule has 0 saturated heterocycles. The number of hydrogen-bond acceptors (Lipinski definition) is 2. The zero-order valence-electron chi connectivity index (χ0n) is 8.24. The van der Waals surface area contributed by atoms with Crippen molar-refractivity contribution in [3.05, 3.63) is 36.0 Å². The fourth-order valence-electron chi connectivity index (χ4n) is 1.41. The van der Waals surface area contributed by atoms with E-state index < -0.39 is 0 Å². The number of hydrogen-bond donors (Lipinski definition) is 1. The Morgan fingerprint density at radius 2 is 1.93 bits per heavy atom. The Bertz CT molecular complexity index is 420. The fraction of sp³-hybridized carbons (Fsp3) is 0.182. The summed E-state index contributed by atoms with van der Waals surface area (Å²) in [6.07, 6.45) is 0. The molecule has 2 rings (SSSR count). The first-order valence-corrected chi connectivity index (χ1v) is 4.47. The summed E-state index contributed by atoms with van der Waals surface area (Å²) in [5.74, 6) is 0. The van der Waals surface area contributed by atoms with Crippen molar-refractivity contribution >= 4 is 0 Å². The highest BCUT2D eigenvalue weighted by molar-refractivity contribution is 5.62. The van der Waals surface area contributed by atoms with Gasteiger partial charge in [0.25, 0.3) is 6.01 Å². The van der Waals surface area contributed by atoms with Crippen LogP contribution in [0, 0.1) is 6.92 Å². The summed E-state index contributed by atoms with van der Waals surface area (Å²) in [6.45, 7) is 1.98. The second kappa shape index (κ2) is 3.54. The number of ether oxygens (including phenoxy) is 1. The van der Waals surface area contributed by atoms with E-state index in [9.17, 15) is 0 Å². The molecule has 0 bridgehead atoms. The Balaban J connectivity index is 2.46. The fourth-order valence-corrected chi connectivity index (χ4v) is 1.41. The average molecular weight is 188 g/mol. The third-order valence-corrected chi connectivity index (χ3v) is 2.10. The van der Waals surface area contributed by atoms with E-state index in [-0.39, 0.29) is 0 Å². The van der Waals surface area contributed by atoms with Gasteiger partial charge in [0, 0.05) is 11.3 Å². The Kier molecular flexibility index (Phi) is 2.23. The second-order valence-corrected chi connectivity index (χ2v) is 3.09. The van der Waals surface area contributed by atoms with E-state index in [0.29, 0.717) is 6.01 Å².